The third kappa shape index (κ3) is 3.05. The standard InChI is InChI=1S/C21H19N5O2/c27-21(12-18-17-8-4-5-9-20(17)28-23-18)25-11-10-16(13-25)26-14-19(22-24-26)15-6-2-1-3-7-15/h1-9,14,16H,10-13H2. The number of likely N-dealkylation sites (tertiary alicyclic amines) is 1. The van der Waals surface area contributed by atoms with Crippen molar-refractivity contribution in [1.82, 2.24) is 25.1 Å². The highest BCUT2D eigenvalue weighted by molar-refractivity contribution is 5.86. The zero-order chi connectivity index (χ0) is 18.9. The summed E-state index contributed by atoms with van der Waals surface area (Å²) in [6.07, 6.45) is 3.07. The van der Waals surface area contributed by atoms with Crippen LogP contribution < -0.4 is 0 Å². The lowest BCUT2D eigenvalue weighted by molar-refractivity contribution is -0.129. The van der Waals surface area contributed by atoms with Crippen molar-refractivity contribution in [2.75, 3.05) is 13.1 Å². The fourth-order valence-corrected chi connectivity index (χ4v) is 3.70. The highest BCUT2D eigenvalue weighted by Gasteiger charge is 2.29. The zero-order valence-electron chi connectivity index (χ0n) is 15.2. The summed E-state index contributed by atoms with van der Waals surface area (Å²) >= 11 is 0. The SMILES string of the molecule is O=C(Cc1noc2ccccc12)N1CCC(n2cc(-c3ccccc3)nn2)C1. The van der Waals surface area contributed by atoms with Gasteiger partial charge in [0.25, 0.3) is 0 Å². The van der Waals surface area contributed by atoms with Crippen molar-refractivity contribution in [2.24, 2.45) is 0 Å². The second-order valence-corrected chi connectivity index (χ2v) is 7.03. The molecule has 4 aromatic rings. The Morgan fingerprint density at radius 3 is 2.82 bits per heavy atom. The van der Waals surface area contributed by atoms with Gasteiger partial charge in [0.1, 0.15) is 11.4 Å². The average molecular weight is 373 g/mol. The molecule has 1 atom stereocenters. The first-order valence-corrected chi connectivity index (χ1v) is 9.36. The molecule has 5 rings (SSSR count). The summed E-state index contributed by atoms with van der Waals surface area (Å²) in [5.74, 6) is 0.0601. The Balaban J connectivity index is 1.27. The van der Waals surface area contributed by atoms with Gasteiger partial charge in [-0.1, -0.05) is 52.8 Å². The lowest BCUT2D eigenvalue weighted by Crippen LogP contribution is -2.30. The Bertz CT molecular complexity index is 1120. The second-order valence-electron chi connectivity index (χ2n) is 7.03. The van der Waals surface area contributed by atoms with Crippen molar-refractivity contribution in [3.05, 3.63) is 66.5 Å². The predicted molar refractivity (Wildman–Crippen MR) is 103 cm³/mol. The molecular weight excluding hydrogens is 354 g/mol. The number of hydrogen-bond donors (Lipinski definition) is 0. The molecule has 1 fully saturated rings. The monoisotopic (exact) mass is 373 g/mol. The van der Waals surface area contributed by atoms with E-state index in [1.807, 2.05) is 70.4 Å². The summed E-state index contributed by atoms with van der Waals surface area (Å²) in [5.41, 5.74) is 3.29. The second kappa shape index (κ2) is 6.92. The first kappa shape index (κ1) is 16.7. The van der Waals surface area contributed by atoms with E-state index in [4.69, 9.17) is 4.52 Å². The van der Waals surface area contributed by atoms with E-state index in [1.54, 1.807) is 0 Å². The molecule has 0 aliphatic carbocycles. The minimum absolute atomic E-state index is 0.0601. The van der Waals surface area contributed by atoms with E-state index in [0.29, 0.717) is 24.4 Å². The number of para-hydroxylation sites is 1. The lowest BCUT2D eigenvalue weighted by Gasteiger charge is -2.15. The van der Waals surface area contributed by atoms with Crippen LogP contribution in [0.5, 0.6) is 0 Å². The number of benzene rings is 2. The van der Waals surface area contributed by atoms with Crippen LogP contribution >= 0.6 is 0 Å². The van der Waals surface area contributed by atoms with Crippen LogP contribution in [0.4, 0.5) is 0 Å². The molecule has 2 aromatic carbocycles. The number of carbonyl (C=O) groups excluding carboxylic acids is 1. The maximum absolute atomic E-state index is 12.8. The maximum atomic E-state index is 12.8. The van der Waals surface area contributed by atoms with Crippen LogP contribution in [-0.4, -0.2) is 44.0 Å². The summed E-state index contributed by atoms with van der Waals surface area (Å²) in [7, 11) is 0. The van der Waals surface area contributed by atoms with Gasteiger partial charge in [-0.05, 0) is 18.6 Å². The van der Waals surface area contributed by atoms with Crippen LogP contribution in [0.25, 0.3) is 22.2 Å². The first-order valence-electron chi connectivity index (χ1n) is 9.36. The summed E-state index contributed by atoms with van der Waals surface area (Å²) in [4.78, 5) is 14.6. The molecule has 7 nitrogen and oxygen atoms in total. The van der Waals surface area contributed by atoms with E-state index in [9.17, 15) is 4.79 Å². The molecule has 7 heteroatoms. The van der Waals surface area contributed by atoms with Crippen molar-refractivity contribution in [2.45, 2.75) is 18.9 Å². The number of carbonyl (C=O) groups is 1. The molecule has 1 amide bonds. The van der Waals surface area contributed by atoms with Crippen molar-refractivity contribution < 1.29 is 9.32 Å². The van der Waals surface area contributed by atoms with Gasteiger partial charge in [0.05, 0.1) is 18.7 Å². The van der Waals surface area contributed by atoms with Gasteiger partial charge in [-0.2, -0.15) is 0 Å². The van der Waals surface area contributed by atoms with Crippen LogP contribution in [0.1, 0.15) is 18.2 Å². The van der Waals surface area contributed by atoms with Gasteiger partial charge in [0.2, 0.25) is 5.91 Å². The largest absolute Gasteiger partial charge is 0.356 e. The fraction of sp³-hybridized carbons (Fsp3) is 0.238. The van der Waals surface area contributed by atoms with Gasteiger partial charge >= 0.3 is 0 Å². The van der Waals surface area contributed by atoms with E-state index in [-0.39, 0.29) is 18.4 Å². The van der Waals surface area contributed by atoms with Crippen molar-refractivity contribution >= 4 is 16.9 Å². The van der Waals surface area contributed by atoms with Crippen LogP contribution in [0.3, 0.4) is 0 Å². The Morgan fingerprint density at radius 1 is 1.11 bits per heavy atom. The number of fused-ring (bicyclic) bond motifs is 1. The van der Waals surface area contributed by atoms with Gasteiger partial charge < -0.3 is 9.42 Å². The third-order valence-electron chi connectivity index (χ3n) is 5.24. The first-order chi connectivity index (χ1) is 13.8. The number of rotatable bonds is 4. The molecule has 2 aromatic heterocycles. The van der Waals surface area contributed by atoms with Crippen LogP contribution in [-0.2, 0) is 11.2 Å². The van der Waals surface area contributed by atoms with Gasteiger partial charge in [-0.15, -0.1) is 5.10 Å². The van der Waals surface area contributed by atoms with E-state index >= 15 is 0 Å². The van der Waals surface area contributed by atoms with Crippen molar-refractivity contribution in [3.63, 3.8) is 0 Å². The zero-order valence-corrected chi connectivity index (χ0v) is 15.2. The summed E-state index contributed by atoms with van der Waals surface area (Å²) in [6, 6.07) is 17.7. The minimum atomic E-state index is 0.0601. The molecule has 1 unspecified atom stereocenters. The number of aromatic nitrogens is 4. The number of nitrogens with zero attached hydrogens (tertiary/aromatic N) is 5. The lowest BCUT2D eigenvalue weighted by atomic mass is 10.1. The van der Waals surface area contributed by atoms with E-state index in [2.05, 4.69) is 15.5 Å². The molecule has 0 saturated carbocycles. The Labute approximate surface area is 161 Å². The molecule has 1 aliphatic heterocycles. The predicted octanol–water partition coefficient (Wildman–Crippen LogP) is 3.10. The topological polar surface area (TPSA) is 77.0 Å². The van der Waals surface area contributed by atoms with Crippen molar-refractivity contribution in [3.8, 4) is 11.3 Å². The molecule has 0 spiro atoms. The molecule has 0 bridgehead atoms. The average Bonchev–Trinajstić information content (AvgIpc) is 3.48. The number of amides is 1. The molecular formula is C21H19N5O2. The molecule has 1 saturated heterocycles. The van der Waals surface area contributed by atoms with E-state index in [0.717, 1.165) is 23.1 Å². The molecule has 3 heterocycles. The quantitative estimate of drug-likeness (QED) is 0.549. The molecule has 0 N–H and O–H groups in total. The number of hydrogen-bond acceptors (Lipinski definition) is 5. The van der Waals surface area contributed by atoms with E-state index in [1.165, 1.54) is 0 Å². The molecule has 1 aliphatic rings. The Hall–Kier alpha value is -3.48. The van der Waals surface area contributed by atoms with Gasteiger partial charge in [-0.25, -0.2) is 4.68 Å². The van der Waals surface area contributed by atoms with Crippen LogP contribution in [0.15, 0.2) is 65.3 Å². The highest BCUT2D eigenvalue weighted by Crippen LogP contribution is 2.25. The minimum Gasteiger partial charge on any atom is -0.356 e. The van der Waals surface area contributed by atoms with Crippen LogP contribution in [0.2, 0.25) is 0 Å². The van der Waals surface area contributed by atoms with Crippen LogP contribution in [0, 0.1) is 0 Å². The maximum Gasteiger partial charge on any atom is 0.228 e. The summed E-state index contributed by atoms with van der Waals surface area (Å²) in [5, 5.41) is 13.5. The van der Waals surface area contributed by atoms with Gasteiger partial charge in [-0.3, -0.25) is 4.79 Å². The molecule has 140 valence electrons. The highest BCUT2D eigenvalue weighted by atomic mass is 16.5. The normalized spacial score (nSPS) is 16.7. The molecule has 28 heavy (non-hydrogen) atoms. The third-order valence-corrected chi connectivity index (χ3v) is 5.24. The summed E-state index contributed by atoms with van der Waals surface area (Å²) < 4.78 is 7.18. The fourth-order valence-electron chi connectivity index (χ4n) is 3.70. The summed E-state index contributed by atoms with van der Waals surface area (Å²) in [6.45, 7) is 1.34. The van der Waals surface area contributed by atoms with E-state index < -0.39 is 0 Å². The van der Waals surface area contributed by atoms with Gasteiger partial charge in [0, 0.05) is 24.0 Å². The smallest absolute Gasteiger partial charge is 0.228 e. The Kier molecular flexibility index (Phi) is 4.12. The Morgan fingerprint density at radius 2 is 1.93 bits per heavy atom. The van der Waals surface area contributed by atoms with Gasteiger partial charge in [0.15, 0.2) is 5.58 Å². The van der Waals surface area contributed by atoms with Crippen molar-refractivity contribution in [1.29, 1.82) is 0 Å². The molecule has 0 radical (unpaired) electrons.